The third kappa shape index (κ3) is 3.42. The van der Waals surface area contributed by atoms with Crippen molar-refractivity contribution in [3.8, 4) is 0 Å². The fourth-order valence-corrected chi connectivity index (χ4v) is 1.86. The number of nitrogens with zero attached hydrogens (tertiary/aromatic N) is 1. The summed E-state index contributed by atoms with van der Waals surface area (Å²) in [4.78, 5) is 17.1. The van der Waals surface area contributed by atoms with Crippen LogP contribution in [0.4, 0.5) is 0 Å². The number of hydrogen-bond donors (Lipinski definition) is 2. The summed E-state index contributed by atoms with van der Waals surface area (Å²) in [5.74, 6) is 0.694. The van der Waals surface area contributed by atoms with Gasteiger partial charge in [0.25, 0.3) is 5.91 Å². The van der Waals surface area contributed by atoms with E-state index in [1.54, 1.807) is 30.7 Å². The Balaban J connectivity index is 1.98. The zero-order valence-corrected chi connectivity index (χ0v) is 11.1. The minimum Gasteiger partial charge on any atom is -0.463 e. The topological polar surface area (TPSA) is 59.6 Å². The average molecular weight is 260 g/mol. The van der Waals surface area contributed by atoms with E-state index >= 15 is 0 Å². The van der Waals surface area contributed by atoms with E-state index in [-0.39, 0.29) is 11.9 Å². The summed E-state index contributed by atoms with van der Waals surface area (Å²) in [6, 6.07) is 9.13. The monoisotopic (exact) mass is 260 g/mol. The number of rotatable bonds is 5. The lowest BCUT2D eigenvalue weighted by Crippen LogP contribution is -3.07. The molecule has 1 amide bonds. The third-order valence-corrected chi connectivity index (χ3v) is 2.95. The fourth-order valence-electron chi connectivity index (χ4n) is 1.86. The molecule has 5 nitrogen and oxygen atoms in total. The minimum absolute atomic E-state index is 0.0858. The smallest absolute Gasteiger partial charge is 0.270 e. The van der Waals surface area contributed by atoms with Gasteiger partial charge in [0.1, 0.15) is 5.69 Å². The first-order valence-corrected chi connectivity index (χ1v) is 6.21. The second-order valence-electron chi connectivity index (χ2n) is 4.57. The molecule has 0 unspecified atom stereocenters. The zero-order chi connectivity index (χ0) is 13.7. The lowest BCUT2D eigenvalue weighted by Gasteiger charge is -2.19. The second kappa shape index (κ2) is 6.15. The number of furan rings is 1. The number of hydrogen-bond acceptors (Lipinski definition) is 3. The van der Waals surface area contributed by atoms with E-state index in [9.17, 15) is 4.79 Å². The van der Waals surface area contributed by atoms with Crippen LogP contribution in [0.1, 0.15) is 22.3 Å². The molecule has 19 heavy (non-hydrogen) atoms. The molecule has 2 N–H and O–H groups in total. The first-order valence-electron chi connectivity index (χ1n) is 6.21. The third-order valence-electron chi connectivity index (χ3n) is 2.95. The lowest BCUT2D eigenvalue weighted by atomic mass is 10.2. The first kappa shape index (κ1) is 13.3. The normalized spacial score (nSPS) is 12.4. The van der Waals surface area contributed by atoms with Crippen LogP contribution in [0.15, 0.2) is 47.2 Å². The molecule has 0 aliphatic rings. The Kier molecular flexibility index (Phi) is 4.30. The fraction of sp³-hybridized carbons (Fsp3) is 0.286. The molecular weight excluding hydrogens is 242 g/mol. The van der Waals surface area contributed by atoms with E-state index in [1.807, 2.05) is 26.2 Å². The van der Waals surface area contributed by atoms with Gasteiger partial charge in [0.2, 0.25) is 0 Å². The molecule has 0 saturated heterocycles. The number of amides is 1. The Morgan fingerprint density at radius 1 is 1.37 bits per heavy atom. The highest BCUT2D eigenvalue weighted by Crippen LogP contribution is 2.09. The molecule has 2 aromatic heterocycles. The van der Waals surface area contributed by atoms with Crippen LogP contribution >= 0.6 is 0 Å². The van der Waals surface area contributed by atoms with Crippen molar-refractivity contribution in [2.45, 2.75) is 6.04 Å². The molecule has 100 valence electrons. The first-order chi connectivity index (χ1) is 9.18. The van der Waals surface area contributed by atoms with Gasteiger partial charge in [-0.05, 0) is 24.3 Å². The Morgan fingerprint density at radius 3 is 2.79 bits per heavy atom. The molecule has 0 aromatic carbocycles. The number of aromatic nitrogens is 1. The Labute approximate surface area is 112 Å². The maximum absolute atomic E-state index is 11.9. The lowest BCUT2D eigenvalue weighted by molar-refractivity contribution is -0.891. The molecule has 2 rings (SSSR count). The quantitative estimate of drug-likeness (QED) is 0.812. The highest BCUT2D eigenvalue weighted by molar-refractivity contribution is 5.92. The maximum atomic E-state index is 11.9. The summed E-state index contributed by atoms with van der Waals surface area (Å²) >= 11 is 0. The molecule has 0 radical (unpaired) electrons. The van der Waals surface area contributed by atoms with Gasteiger partial charge in [-0.15, -0.1) is 0 Å². The van der Waals surface area contributed by atoms with Crippen molar-refractivity contribution in [3.05, 3.63) is 54.2 Å². The van der Waals surface area contributed by atoms with Crippen LogP contribution in [0.2, 0.25) is 0 Å². The number of carbonyl (C=O) groups excluding carboxylic acids is 1. The maximum Gasteiger partial charge on any atom is 0.270 e. The van der Waals surface area contributed by atoms with E-state index in [4.69, 9.17) is 4.42 Å². The number of carbonyl (C=O) groups is 1. The number of nitrogens with one attached hydrogen (secondary N) is 2. The molecule has 0 spiro atoms. The number of quaternary nitrogens is 1. The molecular formula is C14H18N3O2+. The molecule has 0 aliphatic heterocycles. The molecule has 0 saturated carbocycles. The van der Waals surface area contributed by atoms with Crippen LogP contribution in [0.3, 0.4) is 0 Å². The Hall–Kier alpha value is -2.14. The van der Waals surface area contributed by atoms with Gasteiger partial charge in [-0.3, -0.25) is 9.78 Å². The molecule has 5 heteroatoms. The van der Waals surface area contributed by atoms with Gasteiger partial charge in [0, 0.05) is 6.20 Å². The summed E-state index contributed by atoms with van der Waals surface area (Å²) in [5.41, 5.74) is 0.425. The van der Waals surface area contributed by atoms with E-state index < -0.39 is 0 Å². The minimum atomic E-state index is -0.168. The van der Waals surface area contributed by atoms with Crippen LogP contribution in [0.25, 0.3) is 0 Å². The van der Waals surface area contributed by atoms with Gasteiger partial charge in [-0.25, -0.2) is 0 Å². The standard InChI is InChI=1S/C14H17N3O2/c1-17(2)12(13-7-5-9-19-13)10-16-14(18)11-6-3-4-8-15-11/h3-9,12H,10H2,1-2H3,(H,16,18)/p+1/t12-/m0/s1. The molecule has 0 bridgehead atoms. The Bertz CT molecular complexity index is 509. The van der Waals surface area contributed by atoms with Gasteiger partial charge >= 0.3 is 0 Å². The van der Waals surface area contributed by atoms with Crippen molar-refractivity contribution in [3.63, 3.8) is 0 Å². The van der Waals surface area contributed by atoms with Gasteiger partial charge in [-0.2, -0.15) is 0 Å². The van der Waals surface area contributed by atoms with Crippen molar-refractivity contribution in [2.24, 2.45) is 0 Å². The van der Waals surface area contributed by atoms with E-state index in [2.05, 4.69) is 10.3 Å². The molecule has 1 atom stereocenters. The van der Waals surface area contributed by atoms with Crippen LogP contribution in [-0.4, -0.2) is 31.5 Å². The van der Waals surface area contributed by atoms with Gasteiger partial charge in [0.15, 0.2) is 11.8 Å². The van der Waals surface area contributed by atoms with Crippen LogP contribution in [-0.2, 0) is 0 Å². The summed E-state index contributed by atoms with van der Waals surface area (Å²) in [7, 11) is 4.06. The van der Waals surface area contributed by atoms with Crippen molar-refractivity contribution in [1.82, 2.24) is 10.3 Å². The van der Waals surface area contributed by atoms with Crippen molar-refractivity contribution < 1.29 is 14.1 Å². The Morgan fingerprint density at radius 2 is 2.21 bits per heavy atom. The summed E-state index contributed by atoms with van der Waals surface area (Å²) in [6.45, 7) is 0.505. The molecule has 2 aromatic rings. The predicted molar refractivity (Wildman–Crippen MR) is 70.8 cm³/mol. The largest absolute Gasteiger partial charge is 0.463 e. The van der Waals surface area contributed by atoms with Crippen LogP contribution in [0.5, 0.6) is 0 Å². The highest BCUT2D eigenvalue weighted by Gasteiger charge is 2.21. The van der Waals surface area contributed by atoms with Gasteiger partial charge in [-0.1, -0.05) is 6.07 Å². The van der Waals surface area contributed by atoms with Crippen molar-refractivity contribution >= 4 is 5.91 Å². The van der Waals surface area contributed by atoms with E-state index in [0.717, 1.165) is 5.76 Å². The van der Waals surface area contributed by atoms with Crippen LogP contribution in [0, 0.1) is 0 Å². The summed E-state index contributed by atoms with van der Waals surface area (Å²) in [6.07, 6.45) is 3.25. The van der Waals surface area contributed by atoms with E-state index in [0.29, 0.717) is 12.2 Å². The highest BCUT2D eigenvalue weighted by atomic mass is 16.3. The SMILES string of the molecule is C[NH+](C)[C@@H](CNC(=O)c1ccccn1)c1ccco1. The summed E-state index contributed by atoms with van der Waals surface area (Å²) < 4.78 is 5.41. The molecule has 0 fully saturated rings. The second-order valence-corrected chi connectivity index (χ2v) is 4.57. The zero-order valence-electron chi connectivity index (χ0n) is 11.1. The van der Waals surface area contributed by atoms with Crippen molar-refractivity contribution in [1.29, 1.82) is 0 Å². The predicted octanol–water partition coefficient (Wildman–Crippen LogP) is 0.290. The van der Waals surface area contributed by atoms with Gasteiger partial charge in [0.05, 0.1) is 26.9 Å². The van der Waals surface area contributed by atoms with Crippen molar-refractivity contribution in [2.75, 3.05) is 20.6 Å². The number of likely N-dealkylation sites (N-methyl/N-ethyl adjacent to an activating group) is 1. The molecule has 0 aliphatic carbocycles. The molecule has 2 heterocycles. The summed E-state index contributed by atoms with van der Waals surface area (Å²) in [5, 5.41) is 2.89. The van der Waals surface area contributed by atoms with E-state index in [1.165, 1.54) is 4.90 Å². The average Bonchev–Trinajstić information content (AvgIpc) is 2.93. The van der Waals surface area contributed by atoms with Gasteiger partial charge < -0.3 is 14.6 Å². The van der Waals surface area contributed by atoms with Crippen LogP contribution < -0.4 is 10.2 Å². The number of pyridine rings is 1.